The van der Waals surface area contributed by atoms with E-state index in [-0.39, 0.29) is 5.56 Å². The van der Waals surface area contributed by atoms with Gasteiger partial charge in [-0.1, -0.05) is 30.3 Å². The third-order valence-electron chi connectivity index (χ3n) is 4.40. The SMILES string of the molecule is Cc1nc2c([nH]c3ccccc32)c(=O)n1N=Cc1ccc(N(C)C)cc1. The molecule has 2 heterocycles. The van der Waals surface area contributed by atoms with Gasteiger partial charge in [-0.25, -0.2) is 4.98 Å². The molecular weight excluding hydrogens is 326 g/mol. The molecule has 0 unspecified atom stereocenters. The van der Waals surface area contributed by atoms with Gasteiger partial charge in [0.05, 0.1) is 6.21 Å². The third kappa shape index (κ3) is 2.65. The minimum atomic E-state index is -0.204. The number of hydrogen-bond acceptors (Lipinski definition) is 4. The van der Waals surface area contributed by atoms with E-state index in [1.165, 1.54) is 4.68 Å². The number of nitrogens with zero attached hydrogens (tertiary/aromatic N) is 4. The van der Waals surface area contributed by atoms with E-state index >= 15 is 0 Å². The zero-order valence-corrected chi connectivity index (χ0v) is 14.9. The average Bonchev–Trinajstić information content (AvgIpc) is 3.01. The summed E-state index contributed by atoms with van der Waals surface area (Å²) in [6, 6.07) is 15.7. The van der Waals surface area contributed by atoms with Crippen molar-refractivity contribution in [3.63, 3.8) is 0 Å². The van der Waals surface area contributed by atoms with E-state index in [1.54, 1.807) is 13.1 Å². The van der Waals surface area contributed by atoms with Gasteiger partial charge < -0.3 is 9.88 Å². The molecule has 0 aliphatic carbocycles. The smallest absolute Gasteiger partial charge is 0.298 e. The summed E-state index contributed by atoms with van der Waals surface area (Å²) in [6.07, 6.45) is 1.67. The number of fused-ring (bicyclic) bond motifs is 3. The van der Waals surface area contributed by atoms with Gasteiger partial charge in [0.25, 0.3) is 5.56 Å². The van der Waals surface area contributed by atoms with E-state index in [0.717, 1.165) is 22.2 Å². The van der Waals surface area contributed by atoms with Crippen molar-refractivity contribution < 1.29 is 0 Å². The molecule has 2 aromatic heterocycles. The van der Waals surface area contributed by atoms with Crippen molar-refractivity contribution in [2.45, 2.75) is 6.92 Å². The molecular formula is C20H19N5O. The Kier molecular flexibility index (Phi) is 3.80. The number of rotatable bonds is 3. The zero-order chi connectivity index (χ0) is 18.3. The van der Waals surface area contributed by atoms with Crippen molar-refractivity contribution in [3.8, 4) is 0 Å². The normalized spacial score (nSPS) is 11.7. The van der Waals surface area contributed by atoms with Crippen LogP contribution in [0.4, 0.5) is 5.69 Å². The number of aromatic nitrogens is 3. The molecule has 6 nitrogen and oxygen atoms in total. The molecule has 2 aromatic carbocycles. The van der Waals surface area contributed by atoms with Crippen molar-refractivity contribution in [1.82, 2.24) is 14.6 Å². The largest absolute Gasteiger partial charge is 0.378 e. The van der Waals surface area contributed by atoms with Gasteiger partial charge in [0.2, 0.25) is 0 Å². The van der Waals surface area contributed by atoms with Gasteiger partial charge in [-0.3, -0.25) is 4.79 Å². The van der Waals surface area contributed by atoms with Gasteiger partial charge in [-0.05, 0) is 30.7 Å². The van der Waals surface area contributed by atoms with Gasteiger partial charge in [0.15, 0.2) is 0 Å². The standard InChI is InChI=1S/C20H19N5O/c1-13-22-18-16-6-4-5-7-17(16)23-19(18)20(26)25(13)21-12-14-8-10-15(11-9-14)24(2)3/h4-12,23H,1-3H3. The summed E-state index contributed by atoms with van der Waals surface area (Å²) in [5.41, 5.74) is 3.87. The van der Waals surface area contributed by atoms with Gasteiger partial charge in [-0.15, -0.1) is 0 Å². The fraction of sp³-hybridized carbons (Fsp3) is 0.150. The van der Waals surface area contributed by atoms with Gasteiger partial charge >= 0.3 is 0 Å². The lowest BCUT2D eigenvalue weighted by Gasteiger charge is -2.11. The predicted molar refractivity (Wildman–Crippen MR) is 106 cm³/mol. The molecule has 0 aliphatic heterocycles. The molecule has 0 atom stereocenters. The highest BCUT2D eigenvalue weighted by molar-refractivity contribution is 6.04. The van der Waals surface area contributed by atoms with Crippen molar-refractivity contribution in [2.75, 3.05) is 19.0 Å². The molecule has 0 bridgehead atoms. The number of H-pyrrole nitrogens is 1. The molecule has 6 heteroatoms. The maximum Gasteiger partial charge on any atom is 0.298 e. The summed E-state index contributed by atoms with van der Waals surface area (Å²) < 4.78 is 1.33. The Morgan fingerprint density at radius 1 is 1.12 bits per heavy atom. The molecule has 1 N–H and O–H groups in total. The molecule has 0 aliphatic rings. The summed E-state index contributed by atoms with van der Waals surface area (Å²) in [5.74, 6) is 0.549. The Balaban J connectivity index is 1.79. The highest BCUT2D eigenvalue weighted by Crippen LogP contribution is 2.21. The topological polar surface area (TPSA) is 66.3 Å². The lowest BCUT2D eigenvalue weighted by Crippen LogP contribution is -2.20. The van der Waals surface area contributed by atoms with Crippen LogP contribution in [0.5, 0.6) is 0 Å². The molecule has 0 amide bonds. The molecule has 0 spiro atoms. The molecule has 0 fully saturated rings. The van der Waals surface area contributed by atoms with Crippen LogP contribution in [0.25, 0.3) is 21.9 Å². The Morgan fingerprint density at radius 3 is 2.58 bits per heavy atom. The van der Waals surface area contributed by atoms with E-state index in [4.69, 9.17) is 0 Å². The first kappa shape index (κ1) is 16.1. The number of aromatic amines is 1. The zero-order valence-electron chi connectivity index (χ0n) is 14.9. The van der Waals surface area contributed by atoms with Crippen molar-refractivity contribution in [1.29, 1.82) is 0 Å². The number of aryl methyl sites for hydroxylation is 1. The summed E-state index contributed by atoms with van der Waals surface area (Å²) >= 11 is 0. The van der Waals surface area contributed by atoms with E-state index in [9.17, 15) is 4.79 Å². The van der Waals surface area contributed by atoms with E-state index in [2.05, 4.69) is 15.1 Å². The van der Waals surface area contributed by atoms with Gasteiger partial charge in [0.1, 0.15) is 16.9 Å². The first-order chi connectivity index (χ1) is 12.5. The maximum absolute atomic E-state index is 12.9. The van der Waals surface area contributed by atoms with Gasteiger partial charge in [-0.2, -0.15) is 9.78 Å². The number of nitrogens with one attached hydrogen (secondary N) is 1. The average molecular weight is 345 g/mol. The first-order valence-electron chi connectivity index (χ1n) is 8.36. The Labute approximate surface area is 150 Å². The monoisotopic (exact) mass is 345 g/mol. The molecule has 26 heavy (non-hydrogen) atoms. The maximum atomic E-state index is 12.9. The van der Waals surface area contributed by atoms with E-state index in [1.807, 2.05) is 67.5 Å². The van der Waals surface area contributed by atoms with Crippen LogP contribution in [-0.4, -0.2) is 35.0 Å². The van der Waals surface area contributed by atoms with Crippen molar-refractivity contribution in [3.05, 3.63) is 70.3 Å². The Morgan fingerprint density at radius 2 is 1.85 bits per heavy atom. The third-order valence-corrected chi connectivity index (χ3v) is 4.40. The van der Waals surface area contributed by atoms with Crippen LogP contribution in [0, 0.1) is 6.92 Å². The molecule has 0 saturated heterocycles. The summed E-state index contributed by atoms with van der Waals surface area (Å²) in [7, 11) is 3.99. The quantitative estimate of drug-likeness (QED) is 0.580. The van der Waals surface area contributed by atoms with Gasteiger partial charge in [0, 0.05) is 30.7 Å². The molecule has 0 radical (unpaired) electrons. The van der Waals surface area contributed by atoms with E-state index < -0.39 is 0 Å². The second-order valence-electron chi connectivity index (χ2n) is 6.40. The van der Waals surface area contributed by atoms with Crippen LogP contribution in [0.3, 0.4) is 0 Å². The highest BCUT2D eigenvalue weighted by atomic mass is 16.1. The number of anilines is 1. The van der Waals surface area contributed by atoms with Crippen LogP contribution in [0.15, 0.2) is 58.4 Å². The number of benzene rings is 2. The van der Waals surface area contributed by atoms with Crippen LogP contribution < -0.4 is 10.5 Å². The predicted octanol–water partition coefficient (Wildman–Crippen LogP) is 3.13. The molecule has 0 saturated carbocycles. The minimum Gasteiger partial charge on any atom is -0.378 e. The molecule has 130 valence electrons. The number of para-hydroxylation sites is 1. The summed E-state index contributed by atoms with van der Waals surface area (Å²) in [6.45, 7) is 1.79. The minimum absolute atomic E-state index is 0.204. The Hall–Kier alpha value is -3.41. The Bertz CT molecular complexity index is 1180. The molecule has 4 aromatic rings. The van der Waals surface area contributed by atoms with Crippen molar-refractivity contribution in [2.24, 2.45) is 5.10 Å². The summed E-state index contributed by atoms with van der Waals surface area (Å²) in [4.78, 5) is 22.6. The lowest BCUT2D eigenvalue weighted by molar-refractivity contribution is 0.770. The van der Waals surface area contributed by atoms with Crippen LogP contribution in [0.2, 0.25) is 0 Å². The second-order valence-corrected chi connectivity index (χ2v) is 6.40. The second kappa shape index (κ2) is 6.15. The number of hydrogen-bond donors (Lipinski definition) is 1. The first-order valence-corrected chi connectivity index (χ1v) is 8.36. The fourth-order valence-corrected chi connectivity index (χ4v) is 2.98. The highest BCUT2D eigenvalue weighted by Gasteiger charge is 2.12. The summed E-state index contributed by atoms with van der Waals surface area (Å²) in [5, 5.41) is 5.30. The van der Waals surface area contributed by atoms with Crippen LogP contribution >= 0.6 is 0 Å². The van der Waals surface area contributed by atoms with Crippen LogP contribution in [-0.2, 0) is 0 Å². The fourth-order valence-electron chi connectivity index (χ4n) is 2.98. The van der Waals surface area contributed by atoms with Crippen LogP contribution in [0.1, 0.15) is 11.4 Å². The molecule has 4 rings (SSSR count). The van der Waals surface area contributed by atoms with Crippen molar-refractivity contribution >= 4 is 33.8 Å². The van der Waals surface area contributed by atoms with E-state index in [0.29, 0.717) is 16.9 Å². The lowest BCUT2D eigenvalue weighted by atomic mass is 10.2.